The monoisotopic (exact) mass is 227 g/mol. The van der Waals surface area contributed by atoms with Gasteiger partial charge in [-0.2, -0.15) is 0 Å². The predicted octanol–water partition coefficient (Wildman–Crippen LogP) is 0.568. The zero-order valence-corrected chi connectivity index (χ0v) is 10.0. The molecule has 0 amide bonds. The van der Waals surface area contributed by atoms with Crippen LogP contribution in [0.3, 0.4) is 0 Å². The zero-order chi connectivity index (χ0) is 11.4. The van der Waals surface area contributed by atoms with Crippen LogP contribution < -0.4 is 10.8 Å². The maximum atomic E-state index is 10.3. The Morgan fingerprint density at radius 1 is 1.60 bits per heavy atom. The molecule has 0 radical (unpaired) electrons. The molecule has 1 rings (SSSR count). The topological polar surface area (TPSA) is 67.8 Å². The summed E-state index contributed by atoms with van der Waals surface area (Å²) >= 11 is 1.77. The van der Waals surface area contributed by atoms with E-state index < -0.39 is 5.97 Å². The molecular weight excluding hydrogens is 210 g/mol. The van der Waals surface area contributed by atoms with Crippen molar-refractivity contribution in [1.82, 2.24) is 0 Å². The minimum Gasteiger partial charge on any atom is -0.550 e. The number of thiophene rings is 1. The van der Waals surface area contributed by atoms with Crippen LogP contribution in [0.5, 0.6) is 0 Å². The van der Waals surface area contributed by atoms with Crippen molar-refractivity contribution >= 4 is 17.3 Å². The van der Waals surface area contributed by atoms with Gasteiger partial charge in [0.2, 0.25) is 0 Å². The van der Waals surface area contributed by atoms with Crippen molar-refractivity contribution in [2.24, 2.45) is 0 Å². The van der Waals surface area contributed by atoms with Crippen molar-refractivity contribution in [3.63, 3.8) is 0 Å². The number of aliphatic carboxylic acids is 1. The summed E-state index contributed by atoms with van der Waals surface area (Å²) in [4.78, 5) is 12.8. The van der Waals surface area contributed by atoms with Crippen molar-refractivity contribution in [3.8, 4) is 0 Å². The minimum absolute atomic E-state index is 0.133. The van der Waals surface area contributed by atoms with Crippen LogP contribution in [-0.2, 0) is 4.79 Å². The molecule has 0 aliphatic carbocycles. The molecule has 0 spiro atoms. The summed E-state index contributed by atoms with van der Waals surface area (Å²) in [5.41, 5.74) is 5.33. The lowest BCUT2D eigenvalue weighted by Gasteiger charge is -2.08. The number of hydrogen-bond donors (Lipinski definition) is 1. The molecule has 0 aliphatic heterocycles. The molecular formula is C11H17NO2S. The summed E-state index contributed by atoms with van der Waals surface area (Å²) in [5, 5.41) is 10.3. The third kappa shape index (κ3) is 3.64. The van der Waals surface area contributed by atoms with Gasteiger partial charge in [-0.1, -0.05) is 0 Å². The van der Waals surface area contributed by atoms with Crippen molar-refractivity contribution < 1.29 is 15.6 Å². The van der Waals surface area contributed by atoms with Crippen LogP contribution in [0.15, 0.2) is 6.07 Å². The van der Waals surface area contributed by atoms with Crippen LogP contribution in [0, 0.1) is 13.8 Å². The maximum Gasteiger partial charge on any atom is 0.111 e. The van der Waals surface area contributed by atoms with E-state index in [0.717, 1.165) is 6.42 Å². The number of carbonyl (C=O) groups excluding carboxylic acids is 1. The molecule has 1 atom stereocenters. The second-order valence-electron chi connectivity index (χ2n) is 3.83. The van der Waals surface area contributed by atoms with Gasteiger partial charge in [0.25, 0.3) is 0 Å². The van der Waals surface area contributed by atoms with E-state index in [9.17, 15) is 9.90 Å². The van der Waals surface area contributed by atoms with Crippen LogP contribution in [0.1, 0.15) is 40.6 Å². The molecule has 0 aliphatic rings. The van der Waals surface area contributed by atoms with E-state index in [1.165, 1.54) is 15.3 Å². The van der Waals surface area contributed by atoms with Gasteiger partial charge in [0.05, 0.1) is 0 Å². The van der Waals surface area contributed by atoms with Gasteiger partial charge in [0.1, 0.15) is 6.04 Å². The molecule has 0 saturated carbocycles. The third-order valence-corrected chi connectivity index (χ3v) is 3.43. The molecule has 15 heavy (non-hydrogen) atoms. The van der Waals surface area contributed by atoms with E-state index in [0.29, 0.717) is 6.42 Å². The normalized spacial score (nSPS) is 12.7. The Balaban J connectivity index is 2.50. The van der Waals surface area contributed by atoms with Gasteiger partial charge < -0.3 is 15.6 Å². The van der Waals surface area contributed by atoms with Gasteiger partial charge in [-0.05, 0) is 32.8 Å². The third-order valence-electron chi connectivity index (χ3n) is 2.45. The van der Waals surface area contributed by atoms with Crippen LogP contribution in [0.2, 0.25) is 0 Å². The predicted molar refractivity (Wildman–Crippen MR) is 58.3 cm³/mol. The van der Waals surface area contributed by atoms with Crippen molar-refractivity contribution in [3.05, 3.63) is 21.4 Å². The first-order valence-corrected chi connectivity index (χ1v) is 5.92. The van der Waals surface area contributed by atoms with E-state index in [1.54, 1.807) is 11.3 Å². The molecule has 1 aromatic heterocycles. The van der Waals surface area contributed by atoms with Crippen LogP contribution in [0.25, 0.3) is 0 Å². The fraction of sp³-hybridized carbons (Fsp3) is 0.545. The summed E-state index contributed by atoms with van der Waals surface area (Å²) < 4.78 is 0. The molecule has 0 fully saturated rings. The molecule has 0 saturated heterocycles. The number of rotatable bonds is 5. The highest BCUT2D eigenvalue weighted by molar-refractivity contribution is 7.12. The standard InChI is InChI=1S/C11H17NO2S/c1-7-6-9(8(2)15-7)10(12)4-3-5-11(13)14/h6,10H,3-5,12H2,1-2H3,(H,13,14)/t10-/m1/s1. The van der Waals surface area contributed by atoms with Crippen molar-refractivity contribution in [2.45, 2.75) is 39.2 Å². The van der Waals surface area contributed by atoms with Gasteiger partial charge in [-0.15, -0.1) is 11.3 Å². The first-order valence-electron chi connectivity index (χ1n) is 5.10. The first kappa shape index (κ1) is 12.2. The Bertz CT molecular complexity index is 346. The fourth-order valence-electron chi connectivity index (χ4n) is 1.70. The van der Waals surface area contributed by atoms with Gasteiger partial charge >= 0.3 is 0 Å². The fourth-order valence-corrected chi connectivity index (χ4v) is 2.72. The average molecular weight is 227 g/mol. The molecule has 4 heteroatoms. The summed E-state index contributed by atoms with van der Waals surface area (Å²) in [6.07, 6.45) is 1.59. The van der Waals surface area contributed by atoms with E-state index in [2.05, 4.69) is 25.6 Å². The van der Waals surface area contributed by atoms with Crippen LogP contribution >= 0.6 is 11.3 Å². The highest BCUT2D eigenvalue weighted by Gasteiger charge is 2.14. The largest absolute Gasteiger partial charge is 0.550 e. The molecule has 1 heterocycles. The molecule has 0 aromatic carbocycles. The van der Waals surface area contributed by atoms with Gasteiger partial charge in [-0.25, -0.2) is 0 Å². The van der Waals surface area contributed by atoms with E-state index in [-0.39, 0.29) is 12.5 Å². The lowest BCUT2D eigenvalue weighted by atomic mass is 10.0. The average Bonchev–Trinajstić information content (AvgIpc) is 2.44. The number of quaternary nitrogens is 1. The maximum absolute atomic E-state index is 10.3. The number of carbonyl (C=O) groups is 1. The Labute approximate surface area is 93.9 Å². The molecule has 0 unspecified atom stereocenters. The second-order valence-corrected chi connectivity index (χ2v) is 5.29. The number of carboxylic acids is 1. The Morgan fingerprint density at radius 2 is 2.27 bits per heavy atom. The summed E-state index contributed by atoms with van der Waals surface area (Å²) in [7, 11) is 0. The lowest BCUT2D eigenvalue weighted by molar-refractivity contribution is -0.428. The van der Waals surface area contributed by atoms with Crippen LogP contribution in [0.4, 0.5) is 0 Å². The highest BCUT2D eigenvalue weighted by atomic mass is 32.1. The molecule has 84 valence electrons. The number of hydrogen-bond acceptors (Lipinski definition) is 3. The molecule has 3 nitrogen and oxygen atoms in total. The lowest BCUT2D eigenvalue weighted by Crippen LogP contribution is -2.53. The van der Waals surface area contributed by atoms with E-state index in [1.807, 2.05) is 0 Å². The minimum atomic E-state index is -0.972. The molecule has 3 N–H and O–H groups in total. The first-order chi connectivity index (χ1) is 7.00. The van der Waals surface area contributed by atoms with Gasteiger partial charge in [0, 0.05) is 27.7 Å². The second kappa shape index (κ2) is 5.28. The SMILES string of the molecule is Cc1cc([C@H]([NH3+])CCCC(=O)[O-])c(C)s1. The Morgan fingerprint density at radius 3 is 2.73 bits per heavy atom. The highest BCUT2D eigenvalue weighted by Crippen LogP contribution is 2.26. The van der Waals surface area contributed by atoms with Gasteiger partial charge in [-0.3, -0.25) is 0 Å². The van der Waals surface area contributed by atoms with E-state index in [4.69, 9.17) is 0 Å². The van der Waals surface area contributed by atoms with Crippen molar-refractivity contribution in [1.29, 1.82) is 0 Å². The Kier molecular flexibility index (Phi) is 4.29. The van der Waals surface area contributed by atoms with Crippen LogP contribution in [-0.4, -0.2) is 5.97 Å². The van der Waals surface area contributed by atoms with Crippen molar-refractivity contribution in [2.75, 3.05) is 0 Å². The summed E-state index contributed by atoms with van der Waals surface area (Å²) in [6.45, 7) is 4.17. The molecule has 1 aromatic rings. The molecule has 0 bridgehead atoms. The Hall–Kier alpha value is -0.870. The summed E-state index contributed by atoms with van der Waals surface area (Å²) in [5.74, 6) is -0.972. The van der Waals surface area contributed by atoms with Gasteiger partial charge in [0.15, 0.2) is 0 Å². The zero-order valence-electron chi connectivity index (χ0n) is 9.21. The smallest absolute Gasteiger partial charge is 0.111 e. The number of carboxylic acid groups (broad SMARTS) is 1. The number of aryl methyl sites for hydroxylation is 2. The quantitative estimate of drug-likeness (QED) is 0.799. The van der Waals surface area contributed by atoms with E-state index >= 15 is 0 Å². The summed E-state index contributed by atoms with van der Waals surface area (Å²) in [6, 6.07) is 2.35.